The number of pyridine rings is 1. The van der Waals surface area contributed by atoms with Crippen molar-refractivity contribution in [2.24, 2.45) is 0 Å². The van der Waals surface area contributed by atoms with Gasteiger partial charge in [0.25, 0.3) is 0 Å². The third-order valence-corrected chi connectivity index (χ3v) is 10.7. The molecule has 0 saturated heterocycles. The molecule has 1 atom stereocenters. The zero-order valence-electron chi connectivity index (χ0n) is 29.6. The Labute approximate surface area is 314 Å². The van der Waals surface area contributed by atoms with Crippen LogP contribution in [0.1, 0.15) is 23.7 Å². The average molecular weight is 690 g/mol. The molecule has 2 heterocycles. The van der Waals surface area contributed by atoms with Crippen molar-refractivity contribution in [3.63, 3.8) is 0 Å². The van der Waals surface area contributed by atoms with Crippen LogP contribution >= 0.6 is 0 Å². The molecule has 0 fully saturated rings. The molecule has 3 heteroatoms. The Hall–Kier alpha value is -6.97. The van der Waals surface area contributed by atoms with Gasteiger partial charge in [0.15, 0.2) is 5.82 Å². The van der Waals surface area contributed by atoms with E-state index in [1.54, 1.807) is 0 Å². The largest absolute Gasteiger partial charge is 0.263 e. The summed E-state index contributed by atoms with van der Waals surface area (Å²) in [5.74, 6) is 1.03. The second-order valence-electron chi connectivity index (χ2n) is 14.1. The van der Waals surface area contributed by atoms with E-state index >= 15 is 0 Å². The van der Waals surface area contributed by atoms with Gasteiger partial charge in [0.1, 0.15) is 0 Å². The fraction of sp³-hybridized carbons (Fsp3) is 0.0392. The van der Waals surface area contributed by atoms with Crippen LogP contribution in [-0.2, 0) is 0 Å². The SMILES string of the molecule is C1=CC(c2ccc3ccccc3c2)CC=C1c1nc(-c2ccc(-c3cncc4ccccc34)cc2)cc(-c2cccc(-c3ccc4ccccc4c3)c2)n1. The lowest BCUT2D eigenvalue weighted by molar-refractivity contribution is 0.856. The molecule has 7 aromatic carbocycles. The van der Waals surface area contributed by atoms with Crippen molar-refractivity contribution in [1.82, 2.24) is 15.0 Å². The van der Waals surface area contributed by atoms with Gasteiger partial charge in [0.05, 0.1) is 11.4 Å². The Bertz CT molecular complexity index is 2910. The van der Waals surface area contributed by atoms with Crippen LogP contribution in [0.15, 0.2) is 194 Å². The van der Waals surface area contributed by atoms with Gasteiger partial charge in [-0.25, -0.2) is 9.97 Å². The molecule has 0 bridgehead atoms. The minimum Gasteiger partial charge on any atom is -0.263 e. The predicted molar refractivity (Wildman–Crippen MR) is 225 cm³/mol. The van der Waals surface area contributed by atoms with Crippen LogP contribution in [0.2, 0.25) is 0 Å². The van der Waals surface area contributed by atoms with Crippen LogP contribution in [0.5, 0.6) is 0 Å². The van der Waals surface area contributed by atoms with Crippen LogP contribution in [-0.4, -0.2) is 15.0 Å². The number of allylic oxidation sites excluding steroid dienone is 4. The fourth-order valence-corrected chi connectivity index (χ4v) is 7.74. The predicted octanol–water partition coefficient (Wildman–Crippen LogP) is 13.1. The van der Waals surface area contributed by atoms with Crippen molar-refractivity contribution in [2.75, 3.05) is 0 Å². The molecule has 0 spiro atoms. The molecule has 1 aliphatic rings. The van der Waals surface area contributed by atoms with E-state index in [9.17, 15) is 0 Å². The topological polar surface area (TPSA) is 38.7 Å². The zero-order valence-corrected chi connectivity index (χ0v) is 29.6. The number of benzene rings is 7. The summed E-state index contributed by atoms with van der Waals surface area (Å²) in [5.41, 5.74) is 10.8. The van der Waals surface area contributed by atoms with E-state index in [1.165, 1.54) is 38.1 Å². The highest BCUT2D eigenvalue weighted by atomic mass is 14.9. The van der Waals surface area contributed by atoms with Crippen LogP contribution in [0.3, 0.4) is 0 Å². The normalized spacial score (nSPS) is 14.1. The number of hydrogen-bond acceptors (Lipinski definition) is 3. The van der Waals surface area contributed by atoms with Crippen molar-refractivity contribution in [3.8, 4) is 44.8 Å². The molecule has 1 unspecified atom stereocenters. The smallest absolute Gasteiger partial charge is 0.160 e. The van der Waals surface area contributed by atoms with Gasteiger partial charge in [-0.05, 0) is 73.8 Å². The Morgan fingerprint density at radius 2 is 1.07 bits per heavy atom. The molecule has 2 aromatic heterocycles. The minimum atomic E-state index is 0.302. The molecule has 1 aliphatic carbocycles. The van der Waals surface area contributed by atoms with E-state index in [2.05, 4.69) is 187 Å². The number of fused-ring (bicyclic) bond motifs is 3. The van der Waals surface area contributed by atoms with Crippen molar-refractivity contribution < 1.29 is 0 Å². The van der Waals surface area contributed by atoms with Gasteiger partial charge >= 0.3 is 0 Å². The van der Waals surface area contributed by atoms with Crippen molar-refractivity contribution in [2.45, 2.75) is 12.3 Å². The van der Waals surface area contributed by atoms with Crippen molar-refractivity contribution in [3.05, 3.63) is 206 Å². The Morgan fingerprint density at radius 3 is 1.85 bits per heavy atom. The van der Waals surface area contributed by atoms with Crippen LogP contribution in [0.4, 0.5) is 0 Å². The Kier molecular flexibility index (Phi) is 7.96. The summed E-state index contributed by atoms with van der Waals surface area (Å²) in [5, 5.41) is 7.33. The lowest BCUT2D eigenvalue weighted by atomic mass is 9.89. The number of hydrogen-bond donors (Lipinski definition) is 0. The molecule has 254 valence electrons. The van der Waals surface area contributed by atoms with E-state index in [4.69, 9.17) is 9.97 Å². The first-order valence-electron chi connectivity index (χ1n) is 18.5. The molecule has 0 radical (unpaired) electrons. The standard InChI is InChI=1S/C51H35N3/c1-3-10-40-28-43(26-18-34(40)8-1)36-16-24-39(25-17-36)51-53-49(38-22-20-37(21-23-38)48-33-52-32-46-12-5-6-15-47(46)48)31-50(54-51)45-14-7-13-42(30-45)44-27-19-35-9-2-4-11-41(35)29-44/h1-16,18-33,36H,17H2. The zero-order chi connectivity index (χ0) is 35.8. The summed E-state index contributed by atoms with van der Waals surface area (Å²) in [6.07, 6.45) is 11.6. The monoisotopic (exact) mass is 689 g/mol. The van der Waals surface area contributed by atoms with Gasteiger partial charge in [-0.15, -0.1) is 0 Å². The fourth-order valence-electron chi connectivity index (χ4n) is 7.74. The van der Waals surface area contributed by atoms with E-state index in [1.807, 2.05) is 12.4 Å². The summed E-state index contributed by atoms with van der Waals surface area (Å²) in [4.78, 5) is 15.0. The van der Waals surface area contributed by atoms with E-state index in [0.717, 1.165) is 62.4 Å². The van der Waals surface area contributed by atoms with Crippen LogP contribution in [0.25, 0.3) is 82.7 Å². The van der Waals surface area contributed by atoms with Gasteiger partial charge in [-0.3, -0.25) is 4.98 Å². The third-order valence-electron chi connectivity index (χ3n) is 10.7. The van der Waals surface area contributed by atoms with Gasteiger partial charge in [0.2, 0.25) is 0 Å². The lowest BCUT2D eigenvalue weighted by Gasteiger charge is -2.18. The lowest BCUT2D eigenvalue weighted by Crippen LogP contribution is -2.03. The molecule has 0 N–H and O–H groups in total. The summed E-state index contributed by atoms with van der Waals surface area (Å²) >= 11 is 0. The summed E-state index contributed by atoms with van der Waals surface area (Å²) in [7, 11) is 0. The summed E-state index contributed by atoms with van der Waals surface area (Å²) in [6.45, 7) is 0. The molecule has 0 amide bonds. The third kappa shape index (κ3) is 6.06. The second kappa shape index (κ2) is 13.5. The maximum atomic E-state index is 5.24. The van der Waals surface area contributed by atoms with E-state index in [0.29, 0.717) is 5.92 Å². The summed E-state index contributed by atoms with van der Waals surface area (Å²) in [6, 6.07) is 58.4. The quantitative estimate of drug-likeness (QED) is 0.174. The van der Waals surface area contributed by atoms with Gasteiger partial charge in [-0.2, -0.15) is 0 Å². The molecule has 9 aromatic rings. The molecular formula is C51H35N3. The number of rotatable bonds is 6. The van der Waals surface area contributed by atoms with Gasteiger partial charge < -0.3 is 0 Å². The molecule has 0 saturated carbocycles. The van der Waals surface area contributed by atoms with Crippen LogP contribution in [0, 0.1) is 0 Å². The Balaban J connectivity index is 1.03. The highest BCUT2D eigenvalue weighted by molar-refractivity contribution is 5.96. The molecule has 10 rings (SSSR count). The van der Waals surface area contributed by atoms with Gasteiger partial charge in [0, 0.05) is 46.0 Å². The average Bonchev–Trinajstić information content (AvgIpc) is 3.26. The number of aromatic nitrogens is 3. The molecular weight excluding hydrogens is 655 g/mol. The van der Waals surface area contributed by atoms with Crippen molar-refractivity contribution in [1.29, 1.82) is 0 Å². The second-order valence-corrected chi connectivity index (χ2v) is 14.1. The van der Waals surface area contributed by atoms with Crippen LogP contribution < -0.4 is 0 Å². The maximum absolute atomic E-state index is 5.24. The number of nitrogens with zero attached hydrogens (tertiary/aromatic N) is 3. The highest BCUT2D eigenvalue weighted by Crippen LogP contribution is 2.35. The molecule has 54 heavy (non-hydrogen) atoms. The first-order valence-corrected chi connectivity index (χ1v) is 18.5. The molecule has 3 nitrogen and oxygen atoms in total. The maximum Gasteiger partial charge on any atom is 0.160 e. The minimum absolute atomic E-state index is 0.302. The summed E-state index contributed by atoms with van der Waals surface area (Å²) < 4.78 is 0. The Morgan fingerprint density at radius 1 is 0.444 bits per heavy atom. The molecule has 0 aliphatic heterocycles. The first kappa shape index (κ1) is 31.7. The highest BCUT2D eigenvalue weighted by Gasteiger charge is 2.17. The van der Waals surface area contributed by atoms with Gasteiger partial charge in [-0.1, -0.05) is 164 Å². The van der Waals surface area contributed by atoms with E-state index in [-0.39, 0.29) is 0 Å². The van der Waals surface area contributed by atoms with E-state index < -0.39 is 0 Å². The first-order chi connectivity index (χ1) is 26.7. The van der Waals surface area contributed by atoms with Crippen molar-refractivity contribution >= 4 is 37.9 Å².